The van der Waals surface area contributed by atoms with E-state index >= 15 is 0 Å². The van der Waals surface area contributed by atoms with Crippen LogP contribution in [0.25, 0.3) is 0 Å². The molecule has 0 aliphatic heterocycles. The van der Waals surface area contributed by atoms with E-state index in [4.69, 9.17) is 21.4 Å². The van der Waals surface area contributed by atoms with Crippen LogP contribution >= 0.6 is 28.1 Å². The predicted octanol–water partition coefficient (Wildman–Crippen LogP) is 4.03. The van der Waals surface area contributed by atoms with Crippen LogP contribution < -0.4 is 4.90 Å². The Morgan fingerprint density at radius 1 is 1.33 bits per heavy atom. The lowest BCUT2D eigenvalue weighted by molar-refractivity contribution is 0.0527. The zero-order chi connectivity index (χ0) is 15.4. The van der Waals surface area contributed by atoms with Gasteiger partial charge in [-0.05, 0) is 47.1 Å². The Labute approximate surface area is 136 Å². The van der Waals surface area contributed by atoms with Gasteiger partial charge in [0.1, 0.15) is 4.99 Å². The average molecular weight is 368 g/mol. The quantitative estimate of drug-likeness (QED) is 0.602. The first kappa shape index (κ1) is 15.7. The maximum Gasteiger partial charge on any atom is 0.340 e. The highest BCUT2D eigenvalue weighted by atomic mass is 79.9. The van der Waals surface area contributed by atoms with Gasteiger partial charge in [-0.2, -0.15) is 0 Å². The van der Waals surface area contributed by atoms with Crippen molar-refractivity contribution in [1.29, 1.82) is 0 Å². The molecule has 4 nitrogen and oxygen atoms in total. The minimum atomic E-state index is -0.372. The number of nitrogens with zero attached hydrogens (tertiary/aromatic N) is 1. The average Bonchev–Trinajstić information content (AvgIpc) is 2.92. The van der Waals surface area contributed by atoms with Gasteiger partial charge in [0, 0.05) is 7.05 Å². The number of hydrogen-bond acceptors (Lipinski definition) is 4. The molecule has 1 heterocycles. The number of carbonyl (C=O) groups is 1. The molecule has 0 amide bonds. The normalized spacial score (nSPS) is 10.2. The number of carbonyl (C=O) groups excluding carboxylic acids is 1. The number of thiocarbonyl (C=S) groups is 1. The fourth-order valence-corrected chi connectivity index (χ4v) is 2.37. The highest BCUT2D eigenvalue weighted by molar-refractivity contribution is 9.10. The first-order valence-electron chi connectivity index (χ1n) is 6.34. The summed E-state index contributed by atoms with van der Waals surface area (Å²) < 4.78 is 11.1. The van der Waals surface area contributed by atoms with Gasteiger partial charge in [-0.1, -0.05) is 24.4 Å². The molecule has 0 aliphatic carbocycles. The molecule has 6 heteroatoms. The molecule has 1 aromatic heterocycles. The summed E-state index contributed by atoms with van der Waals surface area (Å²) in [5.41, 5.74) is 1.14. The maximum absolute atomic E-state index is 12.0. The third-order valence-electron chi connectivity index (χ3n) is 2.85. The second kappa shape index (κ2) is 6.87. The SMILES string of the molecule is CCOC(=O)c1ccccc1N(C)C(=S)c1ccc(Br)o1. The molecule has 0 saturated carbocycles. The summed E-state index contributed by atoms with van der Waals surface area (Å²) in [5.74, 6) is 0.182. The van der Waals surface area contributed by atoms with Crippen LogP contribution in [-0.4, -0.2) is 24.6 Å². The molecule has 0 N–H and O–H groups in total. The zero-order valence-electron chi connectivity index (χ0n) is 11.6. The lowest BCUT2D eigenvalue weighted by Crippen LogP contribution is -2.27. The summed E-state index contributed by atoms with van der Waals surface area (Å²) in [4.78, 5) is 14.2. The Bertz CT molecular complexity index is 668. The van der Waals surface area contributed by atoms with E-state index < -0.39 is 0 Å². The molecule has 0 unspecified atom stereocenters. The van der Waals surface area contributed by atoms with Crippen LogP contribution in [0.15, 0.2) is 45.5 Å². The van der Waals surface area contributed by atoms with Crippen LogP contribution in [-0.2, 0) is 4.74 Å². The molecule has 2 rings (SSSR count). The Morgan fingerprint density at radius 2 is 2.05 bits per heavy atom. The van der Waals surface area contributed by atoms with E-state index in [9.17, 15) is 4.79 Å². The lowest BCUT2D eigenvalue weighted by Gasteiger charge is -2.21. The minimum Gasteiger partial charge on any atom is -0.462 e. The number of halogens is 1. The van der Waals surface area contributed by atoms with E-state index in [1.165, 1.54) is 0 Å². The van der Waals surface area contributed by atoms with Crippen LogP contribution in [0.2, 0.25) is 0 Å². The van der Waals surface area contributed by atoms with Crippen molar-refractivity contribution in [1.82, 2.24) is 0 Å². The first-order valence-corrected chi connectivity index (χ1v) is 7.54. The van der Waals surface area contributed by atoms with Crippen molar-refractivity contribution in [2.24, 2.45) is 0 Å². The number of furan rings is 1. The standard InChI is InChI=1S/C15H14BrNO3S/c1-3-19-15(18)10-6-4-5-7-11(10)17(2)14(21)12-8-9-13(16)20-12/h4-9H,3H2,1-2H3. The van der Waals surface area contributed by atoms with Gasteiger partial charge in [-0.3, -0.25) is 0 Å². The summed E-state index contributed by atoms with van der Waals surface area (Å²) in [7, 11) is 1.79. The molecule has 21 heavy (non-hydrogen) atoms. The summed E-state index contributed by atoms with van der Waals surface area (Å²) >= 11 is 8.65. The Morgan fingerprint density at radius 3 is 2.67 bits per heavy atom. The predicted molar refractivity (Wildman–Crippen MR) is 88.9 cm³/mol. The highest BCUT2D eigenvalue weighted by Crippen LogP contribution is 2.24. The van der Waals surface area contributed by atoms with Gasteiger partial charge in [0.25, 0.3) is 0 Å². The lowest BCUT2D eigenvalue weighted by atomic mass is 10.1. The largest absolute Gasteiger partial charge is 0.462 e. The molecular weight excluding hydrogens is 354 g/mol. The number of ether oxygens (including phenoxy) is 1. The van der Waals surface area contributed by atoms with Gasteiger partial charge in [0.15, 0.2) is 10.4 Å². The van der Waals surface area contributed by atoms with Crippen molar-refractivity contribution in [3.05, 3.63) is 52.4 Å². The second-order valence-corrected chi connectivity index (χ2v) is 5.37. The Balaban J connectivity index is 2.33. The zero-order valence-corrected chi connectivity index (χ0v) is 14.0. The molecule has 0 fully saturated rings. The van der Waals surface area contributed by atoms with Crippen molar-refractivity contribution in [2.45, 2.75) is 6.92 Å². The van der Waals surface area contributed by atoms with E-state index in [1.54, 1.807) is 43.1 Å². The molecular formula is C15H14BrNO3S. The van der Waals surface area contributed by atoms with Gasteiger partial charge < -0.3 is 14.1 Å². The van der Waals surface area contributed by atoms with Gasteiger partial charge in [-0.15, -0.1) is 0 Å². The number of esters is 1. The van der Waals surface area contributed by atoms with Crippen LogP contribution in [0.4, 0.5) is 5.69 Å². The topological polar surface area (TPSA) is 42.7 Å². The molecule has 0 aliphatic rings. The second-order valence-electron chi connectivity index (χ2n) is 4.21. The third kappa shape index (κ3) is 3.51. The molecule has 0 spiro atoms. The van der Waals surface area contributed by atoms with Crippen LogP contribution in [0.3, 0.4) is 0 Å². The number of anilines is 1. The fourth-order valence-electron chi connectivity index (χ4n) is 1.85. The van der Waals surface area contributed by atoms with E-state index in [0.717, 1.165) is 0 Å². The summed E-state index contributed by atoms with van der Waals surface area (Å²) in [6.45, 7) is 2.10. The smallest absolute Gasteiger partial charge is 0.340 e. The molecule has 0 bridgehead atoms. The van der Waals surface area contributed by atoms with Crippen molar-refractivity contribution in [3.8, 4) is 0 Å². The van der Waals surface area contributed by atoms with E-state index in [-0.39, 0.29) is 5.97 Å². The summed E-state index contributed by atoms with van der Waals surface area (Å²) in [6.07, 6.45) is 0. The van der Waals surface area contributed by atoms with Crippen LogP contribution in [0.1, 0.15) is 23.0 Å². The molecule has 2 aromatic rings. The fraction of sp³-hybridized carbons (Fsp3) is 0.200. The molecule has 0 saturated heterocycles. The molecule has 110 valence electrons. The number of hydrogen-bond donors (Lipinski definition) is 0. The van der Waals surface area contributed by atoms with Crippen molar-refractivity contribution < 1.29 is 13.9 Å². The highest BCUT2D eigenvalue weighted by Gasteiger charge is 2.19. The Hall–Kier alpha value is -1.66. The third-order valence-corrected chi connectivity index (χ3v) is 3.75. The molecule has 1 aromatic carbocycles. The molecule has 0 atom stereocenters. The molecule has 0 radical (unpaired) electrons. The van der Waals surface area contributed by atoms with Crippen molar-refractivity contribution in [3.63, 3.8) is 0 Å². The van der Waals surface area contributed by atoms with Gasteiger partial charge in [0.05, 0.1) is 17.9 Å². The van der Waals surface area contributed by atoms with Gasteiger partial charge in [-0.25, -0.2) is 4.79 Å². The van der Waals surface area contributed by atoms with E-state index in [0.29, 0.717) is 33.3 Å². The van der Waals surface area contributed by atoms with Gasteiger partial charge >= 0.3 is 5.97 Å². The van der Waals surface area contributed by atoms with E-state index in [2.05, 4.69) is 15.9 Å². The summed E-state index contributed by atoms with van der Waals surface area (Å²) in [6, 6.07) is 10.7. The Kier molecular flexibility index (Phi) is 5.14. The van der Waals surface area contributed by atoms with Crippen molar-refractivity contribution in [2.75, 3.05) is 18.6 Å². The van der Waals surface area contributed by atoms with Crippen molar-refractivity contribution >= 4 is 44.8 Å². The van der Waals surface area contributed by atoms with Crippen LogP contribution in [0, 0.1) is 0 Å². The summed E-state index contributed by atoms with van der Waals surface area (Å²) in [5, 5.41) is 0. The maximum atomic E-state index is 12.0. The number of para-hydroxylation sites is 1. The van der Waals surface area contributed by atoms with E-state index in [1.807, 2.05) is 12.1 Å². The first-order chi connectivity index (χ1) is 10.0. The number of benzene rings is 1. The van der Waals surface area contributed by atoms with Crippen LogP contribution in [0.5, 0.6) is 0 Å². The monoisotopic (exact) mass is 367 g/mol. The van der Waals surface area contributed by atoms with Gasteiger partial charge in [0.2, 0.25) is 0 Å². The minimum absolute atomic E-state index is 0.326. The number of rotatable bonds is 4.